The molecule has 148 valence electrons. The van der Waals surface area contributed by atoms with Crippen LogP contribution in [0.5, 0.6) is 0 Å². The molecular formula is C22H23N5O2. The summed E-state index contributed by atoms with van der Waals surface area (Å²) in [6.45, 7) is 2.74. The van der Waals surface area contributed by atoms with Crippen LogP contribution in [0.1, 0.15) is 41.7 Å². The van der Waals surface area contributed by atoms with E-state index in [-0.39, 0.29) is 17.9 Å². The van der Waals surface area contributed by atoms with Gasteiger partial charge in [0.1, 0.15) is 12.7 Å². The van der Waals surface area contributed by atoms with Gasteiger partial charge in [0.05, 0.1) is 11.7 Å². The Bertz CT molecular complexity index is 997. The van der Waals surface area contributed by atoms with Crippen molar-refractivity contribution in [2.75, 3.05) is 18.5 Å². The molecule has 0 unspecified atom stereocenters. The quantitative estimate of drug-likeness (QED) is 0.672. The minimum Gasteiger partial charge on any atom is -0.335 e. The molecule has 7 heteroatoms. The molecule has 1 atom stereocenters. The van der Waals surface area contributed by atoms with E-state index >= 15 is 0 Å². The summed E-state index contributed by atoms with van der Waals surface area (Å²) in [5.74, 6) is 0.0845. The zero-order valence-electron chi connectivity index (χ0n) is 16.5. The number of nitrogens with zero attached hydrogens (tertiary/aromatic N) is 5. The lowest BCUT2D eigenvalue weighted by Gasteiger charge is -2.26. The van der Waals surface area contributed by atoms with Gasteiger partial charge in [-0.2, -0.15) is 5.10 Å². The summed E-state index contributed by atoms with van der Waals surface area (Å²) < 4.78 is 1.69. The molecule has 1 aliphatic heterocycles. The fraction of sp³-hybridized carbons (Fsp3) is 0.273. The molecule has 7 nitrogen and oxygen atoms in total. The summed E-state index contributed by atoms with van der Waals surface area (Å²) in [7, 11) is 1.80. The minimum absolute atomic E-state index is 0.0582. The Morgan fingerprint density at radius 1 is 1.07 bits per heavy atom. The van der Waals surface area contributed by atoms with Crippen molar-refractivity contribution < 1.29 is 9.59 Å². The lowest BCUT2D eigenvalue weighted by molar-refractivity contribution is -0.117. The van der Waals surface area contributed by atoms with Gasteiger partial charge in [0.25, 0.3) is 5.91 Å². The van der Waals surface area contributed by atoms with Crippen LogP contribution in [0.25, 0.3) is 5.69 Å². The van der Waals surface area contributed by atoms with Gasteiger partial charge < -0.3 is 9.80 Å². The van der Waals surface area contributed by atoms with Crippen molar-refractivity contribution in [2.45, 2.75) is 25.8 Å². The van der Waals surface area contributed by atoms with Crippen LogP contribution in [0.15, 0.2) is 61.2 Å². The second-order valence-corrected chi connectivity index (χ2v) is 7.22. The molecule has 1 aliphatic rings. The summed E-state index contributed by atoms with van der Waals surface area (Å²) in [4.78, 5) is 32.3. The number of benzene rings is 2. The Kier molecular flexibility index (Phi) is 5.12. The SMILES string of the molecule is C[C@@H](c1ccc(-n2cncn2)cc1)N(C)C(=O)c1ccc(N2CCCC2=O)cc1. The summed E-state index contributed by atoms with van der Waals surface area (Å²) >= 11 is 0. The van der Waals surface area contributed by atoms with Crippen molar-refractivity contribution in [1.82, 2.24) is 19.7 Å². The summed E-state index contributed by atoms with van der Waals surface area (Å²) in [5.41, 5.74) is 3.40. The Morgan fingerprint density at radius 3 is 2.34 bits per heavy atom. The van der Waals surface area contributed by atoms with Crippen molar-refractivity contribution in [3.05, 3.63) is 72.3 Å². The highest BCUT2D eigenvalue weighted by Gasteiger charge is 2.23. The molecule has 2 aromatic carbocycles. The van der Waals surface area contributed by atoms with Gasteiger partial charge in [0.15, 0.2) is 0 Å². The lowest BCUT2D eigenvalue weighted by atomic mass is 10.1. The highest BCUT2D eigenvalue weighted by Crippen LogP contribution is 2.25. The van der Waals surface area contributed by atoms with Gasteiger partial charge in [-0.05, 0) is 55.3 Å². The first-order valence-electron chi connectivity index (χ1n) is 9.67. The molecule has 1 aromatic heterocycles. The van der Waals surface area contributed by atoms with E-state index in [4.69, 9.17) is 0 Å². The highest BCUT2D eigenvalue weighted by molar-refractivity contribution is 5.97. The largest absolute Gasteiger partial charge is 0.335 e. The third-order valence-electron chi connectivity index (χ3n) is 5.46. The number of anilines is 1. The van der Waals surface area contributed by atoms with Crippen LogP contribution in [0.2, 0.25) is 0 Å². The zero-order valence-corrected chi connectivity index (χ0v) is 16.5. The fourth-order valence-corrected chi connectivity index (χ4v) is 3.56. The molecule has 1 saturated heterocycles. The van der Waals surface area contributed by atoms with Gasteiger partial charge in [-0.15, -0.1) is 0 Å². The Labute approximate surface area is 169 Å². The molecule has 0 radical (unpaired) electrons. The highest BCUT2D eigenvalue weighted by atomic mass is 16.2. The van der Waals surface area contributed by atoms with Crippen LogP contribution in [0.4, 0.5) is 5.69 Å². The first kappa shape index (κ1) is 18.9. The maximum Gasteiger partial charge on any atom is 0.254 e. The van der Waals surface area contributed by atoms with Crippen molar-refractivity contribution in [2.24, 2.45) is 0 Å². The van der Waals surface area contributed by atoms with E-state index in [0.717, 1.165) is 29.9 Å². The number of hydrogen-bond donors (Lipinski definition) is 0. The Balaban J connectivity index is 1.46. The first-order valence-corrected chi connectivity index (χ1v) is 9.67. The molecule has 0 saturated carbocycles. The number of hydrogen-bond acceptors (Lipinski definition) is 4. The average molecular weight is 389 g/mol. The normalized spacial score (nSPS) is 14.8. The maximum atomic E-state index is 12.9. The monoisotopic (exact) mass is 389 g/mol. The lowest BCUT2D eigenvalue weighted by Crippen LogP contribution is -2.30. The summed E-state index contributed by atoms with van der Waals surface area (Å²) in [5, 5.41) is 4.12. The molecule has 4 rings (SSSR count). The van der Waals surface area contributed by atoms with Crippen molar-refractivity contribution in [3.63, 3.8) is 0 Å². The zero-order chi connectivity index (χ0) is 20.4. The van der Waals surface area contributed by atoms with Crippen LogP contribution in [-0.2, 0) is 4.79 Å². The molecule has 0 bridgehead atoms. The molecule has 3 aromatic rings. The van der Waals surface area contributed by atoms with E-state index < -0.39 is 0 Å². The van der Waals surface area contributed by atoms with Crippen LogP contribution < -0.4 is 4.90 Å². The smallest absolute Gasteiger partial charge is 0.254 e. The third-order valence-corrected chi connectivity index (χ3v) is 5.46. The van der Waals surface area contributed by atoms with Gasteiger partial charge in [0.2, 0.25) is 5.91 Å². The molecule has 2 heterocycles. The second-order valence-electron chi connectivity index (χ2n) is 7.22. The van der Waals surface area contributed by atoms with E-state index in [9.17, 15) is 9.59 Å². The number of aromatic nitrogens is 3. The predicted molar refractivity (Wildman–Crippen MR) is 110 cm³/mol. The van der Waals surface area contributed by atoms with Gasteiger partial charge in [-0.3, -0.25) is 9.59 Å². The van der Waals surface area contributed by atoms with Gasteiger partial charge in [0, 0.05) is 31.3 Å². The Hall–Kier alpha value is -3.48. The number of rotatable bonds is 5. The molecule has 0 aliphatic carbocycles. The van der Waals surface area contributed by atoms with Crippen molar-refractivity contribution in [3.8, 4) is 5.69 Å². The van der Waals surface area contributed by atoms with E-state index in [1.165, 1.54) is 6.33 Å². The molecule has 0 spiro atoms. The van der Waals surface area contributed by atoms with Crippen LogP contribution in [0.3, 0.4) is 0 Å². The standard InChI is InChI=1S/C22H23N5O2/c1-16(17-5-11-20(12-6-17)27-15-23-14-24-27)25(2)22(29)18-7-9-19(10-8-18)26-13-3-4-21(26)28/h5-12,14-16H,3-4,13H2,1-2H3/t16-/m0/s1. The summed E-state index contributed by atoms with van der Waals surface area (Å²) in [6.07, 6.45) is 4.62. The first-order chi connectivity index (χ1) is 14.0. The van der Waals surface area contributed by atoms with Gasteiger partial charge in [-0.1, -0.05) is 12.1 Å². The number of amides is 2. The minimum atomic E-state index is -0.0906. The van der Waals surface area contributed by atoms with Crippen molar-refractivity contribution in [1.29, 1.82) is 0 Å². The predicted octanol–water partition coefficient (Wildman–Crippen LogP) is 3.23. The molecule has 2 amide bonds. The fourth-order valence-electron chi connectivity index (χ4n) is 3.56. The molecule has 0 N–H and O–H groups in total. The van der Waals surface area contributed by atoms with E-state index in [0.29, 0.717) is 12.0 Å². The summed E-state index contributed by atoms with van der Waals surface area (Å²) in [6, 6.07) is 15.1. The van der Waals surface area contributed by atoms with Gasteiger partial charge >= 0.3 is 0 Å². The van der Waals surface area contributed by atoms with E-state index in [1.807, 2.05) is 43.3 Å². The van der Waals surface area contributed by atoms with Crippen LogP contribution >= 0.6 is 0 Å². The van der Waals surface area contributed by atoms with Crippen LogP contribution in [-0.4, -0.2) is 45.1 Å². The number of carbonyl (C=O) groups excluding carboxylic acids is 2. The molecular weight excluding hydrogens is 366 g/mol. The molecule has 1 fully saturated rings. The number of carbonyl (C=O) groups is 2. The third kappa shape index (κ3) is 3.76. The van der Waals surface area contributed by atoms with Crippen LogP contribution in [0, 0.1) is 0 Å². The topological polar surface area (TPSA) is 71.3 Å². The molecule has 29 heavy (non-hydrogen) atoms. The second kappa shape index (κ2) is 7.87. The van der Waals surface area contributed by atoms with Crippen molar-refractivity contribution >= 4 is 17.5 Å². The van der Waals surface area contributed by atoms with E-state index in [2.05, 4.69) is 10.1 Å². The Morgan fingerprint density at radius 2 is 1.76 bits per heavy atom. The maximum absolute atomic E-state index is 12.9. The van der Waals surface area contributed by atoms with Gasteiger partial charge in [-0.25, -0.2) is 9.67 Å². The van der Waals surface area contributed by atoms with E-state index in [1.54, 1.807) is 40.0 Å². The average Bonchev–Trinajstić information content (AvgIpc) is 3.44.